The Balaban J connectivity index is 2.00. The van der Waals surface area contributed by atoms with Crippen molar-refractivity contribution in [2.24, 2.45) is 10.2 Å². The van der Waals surface area contributed by atoms with Gasteiger partial charge in [0.15, 0.2) is 11.6 Å². The molecule has 21 heavy (non-hydrogen) atoms. The van der Waals surface area contributed by atoms with Crippen LogP contribution in [0.2, 0.25) is 0 Å². The molecule has 0 saturated carbocycles. The Hall–Kier alpha value is -2.69. The monoisotopic (exact) mass is 286 g/mol. The molecule has 0 fully saturated rings. The fourth-order valence-electron chi connectivity index (χ4n) is 1.65. The molecule has 4 nitrogen and oxygen atoms in total. The quantitative estimate of drug-likeness (QED) is 0.625. The SMILES string of the molecule is COc1ccc(C=NN=Cc2ccc(OC)c(F)c2)cc1. The molecule has 108 valence electrons. The van der Waals surface area contributed by atoms with E-state index in [1.54, 1.807) is 25.5 Å². The maximum absolute atomic E-state index is 13.5. The molecule has 0 spiro atoms. The van der Waals surface area contributed by atoms with Gasteiger partial charge in [-0.15, -0.1) is 0 Å². The highest BCUT2D eigenvalue weighted by Crippen LogP contribution is 2.16. The van der Waals surface area contributed by atoms with Crippen LogP contribution in [-0.4, -0.2) is 26.6 Å². The van der Waals surface area contributed by atoms with E-state index in [0.29, 0.717) is 5.56 Å². The third kappa shape index (κ3) is 4.14. The van der Waals surface area contributed by atoms with Crippen LogP contribution in [0.3, 0.4) is 0 Å². The van der Waals surface area contributed by atoms with Crippen molar-refractivity contribution in [1.29, 1.82) is 0 Å². The molecule has 0 N–H and O–H groups in total. The number of nitrogens with zero attached hydrogens (tertiary/aromatic N) is 2. The first-order chi connectivity index (χ1) is 10.2. The first kappa shape index (κ1) is 14.7. The van der Waals surface area contributed by atoms with Gasteiger partial charge in [0.1, 0.15) is 5.75 Å². The molecule has 0 bridgehead atoms. The van der Waals surface area contributed by atoms with Gasteiger partial charge in [-0.05, 0) is 53.6 Å². The highest BCUT2D eigenvalue weighted by molar-refractivity contribution is 5.82. The van der Waals surface area contributed by atoms with Gasteiger partial charge in [0.25, 0.3) is 0 Å². The van der Waals surface area contributed by atoms with Crippen LogP contribution < -0.4 is 9.47 Å². The smallest absolute Gasteiger partial charge is 0.165 e. The highest BCUT2D eigenvalue weighted by atomic mass is 19.1. The van der Waals surface area contributed by atoms with Crippen LogP contribution in [0.4, 0.5) is 4.39 Å². The van der Waals surface area contributed by atoms with Crippen LogP contribution in [0.15, 0.2) is 52.7 Å². The first-order valence-electron chi connectivity index (χ1n) is 6.27. The molecule has 0 heterocycles. The van der Waals surface area contributed by atoms with Gasteiger partial charge in [-0.2, -0.15) is 10.2 Å². The van der Waals surface area contributed by atoms with E-state index in [4.69, 9.17) is 9.47 Å². The molecule has 0 radical (unpaired) electrons. The van der Waals surface area contributed by atoms with Crippen molar-refractivity contribution in [2.45, 2.75) is 0 Å². The molecular formula is C16H15FN2O2. The molecule has 0 atom stereocenters. The molecule has 0 aromatic heterocycles. The fourth-order valence-corrected chi connectivity index (χ4v) is 1.65. The Morgan fingerprint density at radius 1 is 0.857 bits per heavy atom. The average molecular weight is 286 g/mol. The minimum absolute atomic E-state index is 0.203. The van der Waals surface area contributed by atoms with Crippen LogP contribution in [0.5, 0.6) is 11.5 Å². The lowest BCUT2D eigenvalue weighted by atomic mass is 10.2. The zero-order valence-electron chi connectivity index (χ0n) is 11.8. The number of rotatable bonds is 5. The summed E-state index contributed by atoms with van der Waals surface area (Å²) in [6.45, 7) is 0. The molecule has 2 rings (SSSR count). The zero-order chi connectivity index (χ0) is 15.1. The molecule has 0 saturated heterocycles. The summed E-state index contributed by atoms with van der Waals surface area (Å²) in [5.41, 5.74) is 1.51. The van der Waals surface area contributed by atoms with Gasteiger partial charge in [0, 0.05) is 0 Å². The molecule has 0 aliphatic rings. The summed E-state index contributed by atoms with van der Waals surface area (Å²) in [5.74, 6) is 0.554. The van der Waals surface area contributed by atoms with E-state index in [9.17, 15) is 4.39 Å². The minimum Gasteiger partial charge on any atom is -0.497 e. The van der Waals surface area contributed by atoms with Crippen molar-refractivity contribution < 1.29 is 13.9 Å². The molecule has 0 aliphatic carbocycles. The van der Waals surface area contributed by atoms with Crippen molar-refractivity contribution in [3.8, 4) is 11.5 Å². The largest absolute Gasteiger partial charge is 0.497 e. The van der Waals surface area contributed by atoms with Gasteiger partial charge in [-0.25, -0.2) is 4.39 Å². The number of halogens is 1. The summed E-state index contributed by atoms with van der Waals surface area (Å²) >= 11 is 0. The van der Waals surface area contributed by atoms with Gasteiger partial charge in [0.05, 0.1) is 26.6 Å². The predicted molar refractivity (Wildman–Crippen MR) is 81.1 cm³/mol. The summed E-state index contributed by atoms with van der Waals surface area (Å²) in [7, 11) is 3.03. The molecule has 5 heteroatoms. The molecular weight excluding hydrogens is 271 g/mol. The number of benzene rings is 2. The summed E-state index contributed by atoms with van der Waals surface area (Å²) in [6.07, 6.45) is 3.08. The van der Waals surface area contributed by atoms with Gasteiger partial charge in [0.2, 0.25) is 0 Å². The fraction of sp³-hybridized carbons (Fsp3) is 0.125. The van der Waals surface area contributed by atoms with Gasteiger partial charge in [-0.1, -0.05) is 0 Å². The van der Waals surface area contributed by atoms with E-state index >= 15 is 0 Å². The van der Waals surface area contributed by atoms with E-state index in [-0.39, 0.29) is 5.75 Å². The lowest BCUT2D eigenvalue weighted by molar-refractivity contribution is 0.386. The van der Waals surface area contributed by atoms with Crippen molar-refractivity contribution in [2.75, 3.05) is 14.2 Å². The summed E-state index contributed by atoms with van der Waals surface area (Å²) < 4.78 is 23.4. The standard InChI is InChI=1S/C16H15FN2O2/c1-20-14-6-3-12(4-7-14)10-18-19-11-13-5-8-16(21-2)15(17)9-13/h3-11H,1-2H3. The normalized spacial score (nSPS) is 11.2. The van der Waals surface area contributed by atoms with Crippen LogP contribution >= 0.6 is 0 Å². The maximum atomic E-state index is 13.5. The molecule has 0 unspecified atom stereocenters. The molecule has 2 aromatic carbocycles. The number of hydrogen-bond donors (Lipinski definition) is 0. The van der Waals surface area contributed by atoms with Crippen LogP contribution in [0.25, 0.3) is 0 Å². The first-order valence-corrected chi connectivity index (χ1v) is 6.27. The predicted octanol–water partition coefficient (Wildman–Crippen LogP) is 3.30. The van der Waals surface area contributed by atoms with Crippen molar-refractivity contribution in [1.82, 2.24) is 0 Å². The zero-order valence-corrected chi connectivity index (χ0v) is 11.8. The number of ether oxygens (including phenoxy) is 2. The van der Waals surface area contributed by atoms with E-state index in [1.165, 1.54) is 19.4 Å². The maximum Gasteiger partial charge on any atom is 0.165 e. The van der Waals surface area contributed by atoms with Crippen molar-refractivity contribution >= 4 is 12.4 Å². The topological polar surface area (TPSA) is 43.2 Å². The summed E-state index contributed by atoms with van der Waals surface area (Å²) in [6, 6.07) is 12.0. The molecule has 0 aliphatic heterocycles. The molecule has 0 amide bonds. The Labute approximate surface area is 122 Å². The Bertz CT molecular complexity index is 652. The summed E-state index contributed by atoms with van der Waals surface area (Å²) in [5, 5.41) is 7.80. The Morgan fingerprint density at radius 3 is 2.05 bits per heavy atom. The van der Waals surface area contributed by atoms with Crippen LogP contribution in [0, 0.1) is 5.82 Å². The lowest BCUT2D eigenvalue weighted by Crippen LogP contribution is -1.90. The van der Waals surface area contributed by atoms with Gasteiger partial charge in [-0.3, -0.25) is 0 Å². The highest BCUT2D eigenvalue weighted by Gasteiger charge is 2.01. The summed E-state index contributed by atoms with van der Waals surface area (Å²) in [4.78, 5) is 0. The third-order valence-corrected chi connectivity index (χ3v) is 2.77. The van der Waals surface area contributed by atoms with Gasteiger partial charge >= 0.3 is 0 Å². The Morgan fingerprint density at radius 2 is 1.48 bits per heavy atom. The van der Waals surface area contributed by atoms with Gasteiger partial charge < -0.3 is 9.47 Å². The Kier molecular flexibility index (Phi) is 5.04. The second-order valence-corrected chi connectivity index (χ2v) is 4.16. The lowest BCUT2D eigenvalue weighted by Gasteiger charge is -2.01. The van der Waals surface area contributed by atoms with Crippen LogP contribution in [0.1, 0.15) is 11.1 Å². The average Bonchev–Trinajstić information content (AvgIpc) is 2.52. The van der Waals surface area contributed by atoms with Crippen LogP contribution in [-0.2, 0) is 0 Å². The van der Waals surface area contributed by atoms with E-state index < -0.39 is 5.82 Å². The number of methoxy groups -OCH3 is 2. The second kappa shape index (κ2) is 7.19. The minimum atomic E-state index is -0.430. The van der Waals surface area contributed by atoms with Crippen molar-refractivity contribution in [3.63, 3.8) is 0 Å². The van der Waals surface area contributed by atoms with E-state index in [0.717, 1.165) is 11.3 Å². The molecule has 2 aromatic rings. The number of hydrogen-bond acceptors (Lipinski definition) is 4. The van der Waals surface area contributed by atoms with E-state index in [1.807, 2.05) is 24.3 Å². The second-order valence-electron chi connectivity index (χ2n) is 4.16. The van der Waals surface area contributed by atoms with E-state index in [2.05, 4.69) is 10.2 Å². The van der Waals surface area contributed by atoms with Crippen molar-refractivity contribution in [3.05, 3.63) is 59.4 Å². The third-order valence-electron chi connectivity index (χ3n) is 2.77.